The maximum Gasteiger partial charge on any atom is 0.154 e. The summed E-state index contributed by atoms with van der Waals surface area (Å²) in [4.78, 5) is 5.68. The number of hydrogen-bond acceptors (Lipinski definition) is 6. The van der Waals surface area contributed by atoms with Gasteiger partial charge in [0.2, 0.25) is 0 Å². The normalized spacial score (nSPS) is 15.4. The van der Waals surface area contributed by atoms with Gasteiger partial charge in [-0.25, -0.2) is 13.1 Å². The van der Waals surface area contributed by atoms with Gasteiger partial charge in [0.25, 0.3) is 0 Å². The van der Waals surface area contributed by atoms with Gasteiger partial charge in [0, 0.05) is 65.1 Å². The van der Waals surface area contributed by atoms with Gasteiger partial charge in [0.1, 0.15) is 22.5 Å². The van der Waals surface area contributed by atoms with Crippen LogP contribution in [0.2, 0.25) is 0 Å². The van der Waals surface area contributed by atoms with E-state index in [9.17, 15) is 8.42 Å². The Balaban J connectivity index is 0.00000300. The van der Waals surface area contributed by atoms with Crippen LogP contribution >= 0.6 is 0 Å². The molecule has 1 fully saturated rings. The zero-order valence-electron chi connectivity index (χ0n) is 16.1. The Labute approximate surface area is 203 Å². The molecule has 0 spiro atoms. The number of benzene rings is 2. The first kappa shape index (κ1) is 25.0. The van der Waals surface area contributed by atoms with Crippen LogP contribution in [0.4, 0.5) is 11.4 Å². The Morgan fingerprint density at radius 2 is 1.48 bits per heavy atom. The fraction of sp³-hybridized carbons (Fsp3) is 0.368. The van der Waals surface area contributed by atoms with Crippen molar-refractivity contribution in [3.63, 3.8) is 0 Å². The Kier molecular flexibility index (Phi) is 9.36. The Morgan fingerprint density at radius 3 is 1.97 bits per heavy atom. The first-order valence-corrected chi connectivity index (χ1v) is 13.2. The van der Waals surface area contributed by atoms with E-state index in [2.05, 4.69) is 27.0 Å². The molecule has 2 aromatic rings. The van der Waals surface area contributed by atoms with Crippen molar-refractivity contribution in [3.8, 4) is 0 Å². The van der Waals surface area contributed by atoms with Crippen LogP contribution in [0.25, 0.3) is 4.72 Å². The van der Waals surface area contributed by atoms with E-state index in [1.54, 1.807) is 24.3 Å². The smallest absolute Gasteiger partial charge is 0.154 e. The molecule has 10 heteroatoms. The third kappa shape index (κ3) is 6.61. The van der Waals surface area contributed by atoms with Crippen LogP contribution < -0.4 is 4.90 Å². The second kappa shape index (κ2) is 10.9. The van der Waals surface area contributed by atoms with E-state index < -0.39 is 10.0 Å². The van der Waals surface area contributed by atoms with Crippen molar-refractivity contribution in [1.82, 2.24) is 4.90 Å². The summed E-state index contributed by atoms with van der Waals surface area (Å²) in [5, 5.41) is 0. The van der Waals surface area contributed by atoms with E-state index in [1.807, 2.05) is 24.3 Å². The largest absolute Gasteiger partial charge is 0.800 e. The summed E-state index contributed by atoms with van der Waals surface area (Å²) >= 11 is 10.3. The maximum atomic E-state index is 12.6. The van der Waals surface area contributed by atoms with Crippen molar-refractivity contribution in [3.05, 3.63) is 53.3 Å². The molecular formula is C19H23AuN3O2S4-2. The molecule has 0 atom stereocenters. The van der Waals surface area contributed by atoms with E-state index in [0.29, 0.717) is 5.69 Å². The average Bonchev–Trinajstić information content (AvgIpc) is 2.68. The molecule has 163 valence electrons. The van der Waals surface area contributed by atoms with Crippen molar-refractivity contribution >= 4 is 57.6 Å². The van der Waals surface area contributed by atoms with Crippen LogP contribution in [0.15, 0.2) is 58.3 Å². The minimum absolute atomic E-state index is 0. The Bertz CT molecular complexity index is 883. The van der Waals surface area contributed by atoms with Crippen molar-refractivity contribution < 1.29 is 30.8 Å². The predicted molar refractivity (Wildman–Crippen MR) is 123 cm³/mol. The molecule has 0 unspecified atom stereocenters. The van der Waals surface area contributed by atoms with Crippen LogP contribution in [-0.2, 0) is 68.6 Å². The van der Waals surface area contributed by atoms with E-state index in [-0.39, 0.29) is 42.9 Å². The molecule has 1 saturated heterocycles. The number of piperazine rings is 1. The van der Waals surface area contributed by atoms with Crippen molar-refractivity contribution in [2.45, 2.75) is 14.5 Å². The number of hydrogen-bond donors (Lipinski definition) is 0. The number of rotatable bonds is 6. The standard InChI is InChI=1S/C19H25N3O2S4.Au/c1-27(2)17-7-9-18(10-8-17)28(23,24)20-15-3-5-16(6-4-15)21-11-13-22(14-12-21)19(25)26;/h3-10,19,25-26H,11-14H2,1-2H3;/p-2. The summed E-state index contributed by atoms with van der Waals surface area (Å²) in [6, 6.07) is 14.3. The quantitative estimate of drug-likeness (QED) is 0.273. The molecular weight excluding hydrogens is 627 g/mol. The molecule has 2 aromatic carbocycles. The second-order valence-electron chi connectivity index (χ2n) is 6.70. The van der Waals surface area contributed by atoms with Crippen molar-refractivity contribution in [1.29, 1.82) is 0 Å². The fourth-order valence-corrected chi connectivity index (χ4v) is 5.08. The zero-order valence-corrected chi connectivity index (χ0v) is 21.5. The topological polar surface area (TPSA) is 54.7 Å². The van der Waals surface area contributed by atoms with Crippen LogP contribution in [0.3, 0.4) is 0 Å². The van der Waals surface area contributed by atoms with Gasteiger partial charge in [-0.2, -0.15) is 0 Å². The van der Waals surface area contributed by atoms with Gasteiger partial charge in [0.15, 0.2) is 4.90 Å². The van der Waals surface area contributed by atoms with E-state index >= 15 is 0 Å². The molecule has 0 bridgehead atoms. The van der Waals surface area contributed by atoms with Gasteiger partial charge in [-0.1, -0.05) is 12.1 Å². The molecule has 0 amide bonds. The van der Waals surface area contributed by atoms with Crippen LogP contribution in [0.5, 0.6) is 0 Å². The van der Waals surface area contributed by atoms with Crippen molar-refractivity contribution in [2.24, 2.45) is 0 Å². The second-order valence-corrected chi connectivity index (χ2v) is 11.6. The summed E-state index contributed by atoms with van der Waals surface area (Å²) in [6.45, 7) is 3.37. The molecule has 0 aliphatic carbocycles. The third-order valence-electron chi connectivity index (χ3n) is 4.65. The number of sulfonamides is 1. The summed E-state index contributed by atoms with van der Waals surface area (Å²) < 4.78 is 28.9. The van der Waals surface area contributed by atoms with Crippen LogP contribution in [0, 0.1) is 0 Å². The first-order valence-electron chi connectivity index (χ1n) is 8.83. The van der Waals surface area contributed by atoms with Crippen molar-refractivity contribution in [2.75, 3.05) is 43.6 Å². The van der Waals surface area contributed by atoms with E-state index in [4.69, 9.17) is 25.3 Å². The number of anilines is 1. The van der Waals surface area contributed by atoms with Gasteiger partial charge < -0.3 is 39.8 Å². The summed E-state index contributed by atoms with van der Waals surface area (Å²) in [7, 11) is -3.63. The van der Waals surface area contributed by atoms with Gasteiger partial charge in [0.05, 0.1) is 4.90 Å². The molecule has 3 rings (SSSR count). The first-order chi connectivity index (χ1) is 13.3. The summed E-state index contributed by atoms with van der Waals surface area (Å²) in [6.07, 6.45) is 4.20. The molecule has 1 aliphatic heterocycles. The van der Waals surface area contributed by atoms with Crippen LogP contribution in [0.1, 0.15) is 0 Å². The predicted octanol–water partition coefficient (Wildman–Crippen LogP) is 2.81. The molecule has 29 heavy (non-hydrogen) atoms. The summed E-state index contributed by atoms with van der Waals surface area (Å²) in [5.41, 5.74) is 1.47. The zero-order chi connectivity index (χ0) is 20.3. The molecule has 0 saturated carbocycles. The van der Waals surface area contributed by atoms with Gasteiger partial charge in [-0.3, -0.25) is 0 Å². The molecule has 5 nitrogen and oxygen atoms in total. The number of nitrogens with zero attached hydrogens (tertiary/aromatic N) is 3. The van der Waals surface area contributed by atoms with Gasteiger partial charge in [-0.05, 0) is 36.4 Å². The minimum Gasteiger partial charge on any atom is -0.800 e. The molecule has 1 radical (unpaired) electrons. The fourth-order valence-electron chi connectivity index (χ4n) is 2.99. The SMILES string of the molecule is C[S+](C)c1ccc(S(=O)(=O)[N-]c2ccc(N3CCN(C([S-])[S-])CC3)cc2)cc1.[Au]. The molecule has 1 heterocycles. The monoisotopic (exact) mass is 650 g/mol. The molecule has 0 N–H and O–H groups in total. The Hall–Kier alpha value is -0.260. The van der Waals surface area contributed by atoms with Gasteiger partial charge >= 0.3 is 0 Å². The Morgan fingerprint density at radius 1 is 0.931 bits per heavy atom. The van der Waals surface area contributed by atoms with E-state index in [1.165, 1.54) is 0 Å². The average molecular weight is 651 g/mol. The van der Waals surface area contributed by atoms with E-state index in [0.717, 1.165) is 36.8 Å². The molecule has 1 aliphatic rings. The maximum absolute atomic E-state index is 12.6. The third-order valence-corrected chi connectivity index (χ3v) is 7.78. The van der Waals surface area contributed by atoms with Gasteiger partial charge in [-0.15, -0.1) is 5.69 Å². The minimum atomic E-state index is -3.73. The van der Waals surface area contributed by atoms with Crippen LogP contribution in [-0.4, -0.2) is 56.7 Å². The molecule has 0 aromatic heterocycles. The summed E-state index contributed by atoms with van der Waals surface area (Å²) in [5.74, 6) is 0.